The third kappa shape index (κ3) is 2.73. The highest BCUT2D eigenvalue weighted by Gasteiger charge is 2.14. The molecule has 0 aliphatic rings. The summed E-state index contributed by atoms with van der Waals surface area (Å²) in [6.07, 6.45) is 2.98. The molecule has 0 saturated heterocycles. The highest BCUT2D eigenvalue weighted by molar-refractivity contribution is 7.99. The van der Waals surface area contributed by atoms with E-state index in [2.05, 4.69) is 15.4 Å². The Morgan fingerprint density at radius 1 is 1.33 bits per heavy atom. The van der Waals surface area contributed by atoms with E-state index in [0.717, 1.165) is 11.8 Å². The Morgan fingerprint density at radius 2 is 2.11 bits per heavy atom. The molecule has 7 nitrogen and oxygen atoms in total. The van der Waals surface area contributed by atoms with Crippen LogP contribution in [0.2, 0.25) is 0 Å². The van der Waals surface area contributed by atoms with Crippen LogP contribution in [0, 0.1) is 10.1 Å². The van der Waals surface area contributed by atoms with Crippen LogP contribution in [0.25, 0.3) is 0 Å². The monoisotopic (exact) mass is 263 g/mol. The van der Waals surface area contributed by atoms with Crippen molar-refractivity contribution < 1.29 is 4.92 Å². The van der Waals surface area contributed by atoms with Crippen LogP contribution in [-0.4, -0.2) is 14.9 Å². The molecule has 0 amide bonds. The number of anilines is 1. The molecule has 0 bridgehead atoms. The quantitative estimate of drug-likeness (QED) is 0.492. The lowest BCUT2D eigenvalue weighted by atomic mass is 10.3. The maximum absolute atomic E-state index is 10.9. The molecule has 0 radical (unpaired) electrons. The van der Waals surface area contributed by atoms with Crippen molar-refractivity contribution in [3.05, 3.63) is 46.8 Å². The number of hydrogen-bond acceptors (Lipinski definition) is 7. The van der Waals surface area contributed by atoms with Crippen LogP contribution in [0.3, 0.4) is 0 Å². The Kier molecular flexibility index (Phi) is 3.70. The minimum atomic E-state index is -0.430. The van der Waals surface area contributed by atoms with Gasteiger partial charge >= 0.3 is 0 Å². The average Bonchev–Trinajstić information content (AvgIpc) is 2.39. The van der Waals surface area contributed by atoms with Crippen molar-refractivity contribution in [2.24, 2.45) is 5.84 Å². The predicted molar refractivity (Wildman–Crippen MR) is 67.1 cm³/mol. The maximum Gasteiger partial charge on any atom is 0.283 e. The summed E-state index contributed by atoms with van der Waals surface area (Å²) in [7, 11) is 0. The molecule has 0 fully saturated rings. The smallest absolute Gasteiger partial charge is 0.283 e. The molecule has 0 spiro atoms. The van der Waals surface area contributed by atoms with Gasteiger partial charge in [0.2, 0.25) is 0 Å². The summed E-state index contributed by atoms with van der Waals surface area (Å²) in [4.78, 5) is 19.0. The van der Waals surface area contributed by atoms with E-state index in [0.29, 0.717) is 15.7 Å². The van der Waals surface area contributed by atoms with Crippen LogP contribution in [0.5, 0.6) is 0 Å². The third-order valence-corrected chi connectivity index (χ3v) is 3.01. The molecule has 1 aromatic carbocycles. The van der Waals surface area contributed by atoms with Crippen molar-refractivity contribution in [1.82, 2.24) is 9.97 Å². The topological polar surface area (TPSA) is 107 Å². The fraction of sp³-hybridized carbons (Fsp3) is 0. The third-order valence-electron chi connectivity index (χ3n) is 2.04. The minimum absolute atomic E-state index is 0.0374. The second kappa shape index (κ2) is 5.43. The maximum atomic E-state index is 10.9. The summed E-state index contributed by atoms with van der Waals surface area (Å²) in [5, 5.41) is 11.4. The number of nitro groups is 1. The molecule has 18 heavy (non-hydrogen) atoms. The molecule has 92 valence electrons. The van der Waals surface area contributed by atoms with E-state index < -0.39 is 4.92 Å². The number of benzene rings is 1. The zero-order valence-corrected chi connectivity index (χ0v) is 9.92. The number of para-hydroxylation sites is 1. The van der Waals surface area contributed by atoms with Crippen LogP contribution >= 0.6 is 11.8 Å². The van der Waals surface area contributed by atoms with Gasteiger partial charge in [-0.3, -0.25) is 15.1 Å². The van der Waals surface area contributed by atoms with Crippen LogP contribution in [0.15, 0.2) is 46.6 Å². The first-order valence-corrected chi connectivity index (χ1v) is 5.72. The minimum Gasteiger partial charge on any atom is -0.307 e. The average molecular weight is 263 g/mol. The number of hydrogen-bond donors (Lipinski definition) is 2. The van der Waals surface area contributed by atoms with Crippen LogP contribution < -0.4 is 11.3 Å². The van der Waals surface area contributed by atoms with Gasteiger partial charge in [0.05, 0.1) is 22.2 Å². The summed E-state index contributed by atoms with van der Waals surface area (Å²) in [5.41, 5.74) is 2.41. The molecular formula is C10H9N5O2S. The van der Waals surface area contributed by atoms with Gasteiger partial charge in [-0.1, -0.05) is 23.9 Å². The van der Waals surface area contributed by atoms with E-state index in [9.17, 15) is 10.1 Å². The standard InChI is InChI=1S/C10H9N5O2S/c11-14-9-5-12-6-10(13-9)18-8-4-2-1-3-7(8)15(16)17/h1-6H,11H2,(H,13,14). The van der Waals surface area contributed by atoms with Crippen LogP contribution in [0.1, 0.15) is 0 Å². The zero-order valence-electron chi connectivity index (χ0n) is 9.11. The fourth-order valence-electron chi connectivity index (χ4n) is 1.27. The first-order chi connectivity index (χ1) is 8.70. The summed E-state index contributed by atoms with van der Waals surface area (Å²) in [6.45, 7) is 0. The molecular weight excluding hydrogens is 254 g/mol. The molecule has 0 aliphatic heterocycles. The van der Waals surface area contributed by atoms with Crippen molar-refractivity contribution in [3.8, 4) is 0 Å². The van der Waals surface area contributed by atoms with Gasteiger partial charge in [0.1, 0.15) is 5.03 Å². The second-order valence-electron chi connectivity index (χ2n) is 3.21. The molecule has 0 saturated carbocycles. The summed E-state index contributed by atoms with van der Waals surface area (Å²) >= 11 is 1.16. The lowest BCUT2D eigenvalue weighted by Gasteiger charge is -2.03. The van der Waals surface area contributed by atoms with Gasteiger partial charge < -0.3 is 5.43 Å². The largest absolute Gasteiger partial charge is 0.307 e. The van der Waals surface area contributed by atoms with Gasteiger partial charge in [-0.05, 0) is 6.07 Å². The van der Waals surface area contributed by atoms with Crippen molar-refractivity contribution in [2.45, 2.75) is 9.92 Å². The number of aromatic nitrogens is 2. The van der Waals surface area contributed by atoms with Gasteiger partial charge in [-0.25, -0.2) is 10.8 Å². The lowest BCUT2D eigenvalue weighted by Crippen LogP contribution is -2.08. The number of nitrogens with two attached hydrogens (primary N) is 1. The van der Waals surface area contributed by atoms with Crippen molar-refractivity contribution in [1.29, 1.82) is 0 Å². The van der Waals surface area contributed by atoms with Crippen LogP contribution in [-0.2, 0) is 0 Å². The SMILES string of the molecule is NNc1cncc(Sc2ccccc2[N+](=O)[O-])n1. The van der Waals surface area contributed by atoms with Gasteiger partial charge in [0, 0.05) is 6.07 Å². The van der Waals surface area contributed by atoms with Gasteiger partial charge in [-0.15, -0.1) is 0 Å². The van der Waals surface area contributed by atoms with E-state index in [4.69, 9.17) is 5.84 Å². The molecule has 8 heteroatoms. The molecule has 1 heterocycles. The zero-order chi connectivity index (χ0) is 13.0. The molecule has 0 unspecified atom stereocenters. The summed E-state index contributed by atoms with van der Waals surface area (Å²) in [5.74, 6) is 5.62. The Balaban J connectivity index is 2.31. The Morgan fingerprint density at radius 3 is 2.83 bits per heavy atom. The normalized spacial score (nSPS) is 10.1. The Bertz CT molecular complexity index is 578. The number of hydrazine groups is 1. The molecule has 0 atom stereocenters. The molecule has 1 aromatic heterocycles. The first-order valence-electron chi connectivity index (χ1n) is 4.90. The number of nitro benzene ring substituents is 1. The number of nitrogens with one attached hydrogen (secondary N) is 1. The van der Waals surface area contributed by atoms with Gasteiger partial charge in [0.25, 0.3) is 5.69 Å². The molecule has 2 rings (SSSR count). The number of nitrogen functional groups attached to an aromatic ring is 1. The highest BCUT2D eigenvalue weighted by Crippen LogP contribution is 2.33. The van der Waals surface area contributed by atoms with E-state index in [1.54, 1.807) is 18.2 Å². The first kappa shape index (κ1) is 12.3. The van der Waals surface area contributed by atoms with Crippen molar-refractivity contribution in [2.75, 3.05) is 5.43 Å². The lowest BCUT2D eigenvalue weighted by molar-refractivity contribution is -0.387. The van der Waals surface area contributed by atoms with Gasteiger partial charge in [-0.2, -0.15) is 0 Å². The number of nitrogens with zero attached hydrogens (tertiary/aromatic N) is 3. The molecule has 0 aliphatic carbocycles. The molecule has 3 N–H and O–H groups in total. The van der Waals surface area contributed by atoms with E-state index in [1.165, 1.54) is 18.5 Å². The van der Waals surface area contributed by atoms with Crippen molar-refractivity contribution >= 4 is 23.3 Å². The van der Waals surface area contributed by atoms with E-state index in [1.807, 2.05) is 0 Å². The Labute approximate surface area is 107 Å². The molecule has 2 aromatic rings. The Hall–Kier alpha value is -2.19. The second-order valence-corrected chi connectivity index (χ2v) is 4.28. The fourth-order valence-corrected chi connectivity index (χ4v) is 2.15. The van der Waals surface area contributed by atoms with Crippen molar-refractivity contribution in [3.63, 3.8) is 0 Å². The van der Waals surface area contributed by atoms with Gasteiger partial charge in [0.15, 0.2) is 5.82 Å². The summed E-state index contributed by atoms with van der Waals surface area (Å²) < 4.78 is 0. The number of rotatable bonds is 4. The van der Waals surface area contributed by atoms with Crippen LogP contribution in [0.4, 0.5) is 11.5 Å². The predicted octanol–water partition coefficient (Wildman–Crippen LogP) is 1.82. The van der Waals surface area contributed by atoms with E-state index in [-0.39, 0.29) is 5.69 Å². The van der Waals surface area contributed by atoms with E-state index >= 15 is 0 Å². The highest BCUT2D eigenvalue weighted by atomic mass is 32.2. The summed E-state index contributed by atoms with van der Waals surface area (Å²) in [6, 6.07) is 6.45.